The number of hydrogen-bond acceptors (Lipinski definition) is 6. The van der Waals surface area contributed by atoms with Gasteiger partial charge in [0, 0.05) is 50.4 Å². The molecule has 164 valence electrons. The quantitative estimate of drug-likeness (QED) is 0.533. The molecule has 2 fully saturated rings. The van der Waals surface area contributed by atoms with Crippen LogP contribution in [0.1, 0.15) is 39.5 Å². The Bertz CT molecular complexity index is 986. The molecule has 2 saturated heterocycles. The van der Waals surface area contributed by atoms with Gasteiger partial charge in [-0.2, -0.15) is 5.10 Å². The van der Waals surface area contributed by atoms with Crippen molar-refractivity contribution in [3.63, 3.8) is 0 Å². The summed E-state index contributed by atoms with van der Waals surface area (Å²) in [5, 5.41) is 14.0. The van der Waals surface area contributed by atoms with Crippen molar-refractivity contribution in [3.05, 3.63) is 35.7 Å². The Balaban J connectivity index is 0.000000730. The van der Waals surface area contributed by atoms with Crippen LogP contribution in [0, 0.1) is 0 Å². The number of rotatable bonds is 4. The predicted octanol–water partition coefficient (Wildman–Crippen LogP) is -0.891. The first-order chi connectivity index (χ1) is 15.0. The van der Waals surface area contributed by atoms with E-state index in [1.807, 2.05) is 4.90 Å². The number of H-pyrrole nitrogens is 1. The minimum Gasteiger partial charge on any atom is -0.483 e. The van der Waals surface area contributed by atoms with Gasteiger partial charge >= 0.3 is 0 Å². The average molecular weight is 429 g/mol. The van der Waals surface area contributed by atoms with Gasteiger partial charge in [0.1, 0.15) is 5.69 Å². The molecule has 0 bridgehead atoms. The van der Waals surface area contributed by atoms with E-state index in [0.717, 1.165) is 12.1 Å². The summed E-state index contributed by atoms with van der Waals surface area (Å²) in [6, 6.07) is 1.46. The number of imidazole rings is 1. The highest BCUT2D eigenvalue weighted by atomic mass is 16.3. The van der Waals surface area contributed by atoms with E-state index in [4.69, 9.17) is 9.90 Å². The zero-order valence-electron chi connectivity index (χ0n) is 16.7. The molecule has 0 aromatic carbocycles. The fourth-order valence-corrected chi connectivity index (χ4v) is 4.52. The maximum absolute atomic E-state index is 13.0. The van der Waals surface area contributed by atoms with E-state index < -0.39 is 0 Å². The molecule has 0 radical (unpaired) electrons. The van der Waals surface area contributed by atoms with Crippen LogP contribution in [0.3, 0.4) is 0 Å². The van der Waals surface area contributed by atoms with Crippen LogP contribution < -0.4 is 5.32 Å². The second kappa shape index (κ2) is 8.58. The lowest BCUT2D eigenvalue weighted by atomic mass is 10.1. The predicted molar refractivity (Wildman–Crippen MR) is 105 cm³/mol. The Labute approximate surface area is 177 Å². The van der Waals surface area contributed by atoms with Gasteiger partial charge in [0.15, 0.2) is 5.69 Å². The normalized spacial score (nSPS) is 21.8. The van der Waals surface area contributed by atoms with Crippen LogP contribution in [0.2, 0.25) is 0 Å². The number of likely N-dealkylation sites (tertiary alicyclic amines) is 2. The summed E-state index contributed by atoms with van der Waals surface area (Å²) in [6.45, 7) is 2.02. The number of nitrogens with zero attached hydrogens (tertiary/aromatic N) is 5. The number of carbonyl (C=O) groups excluding carboxylic acids is 3. The number of aromatic nitrogens is 4. The van der Waals surface area contributed by atoms with Gasteiger partial charge in [0.05, 0.1) is 25.0 Å². The van der Waals surface area contributed by atoms with E-state index in [9.17, 15) is 14.4 Å². The highest BCUT2D eigenvalue weighted by Crippen LogP contribution is 2.33. The Hall–Kier alpha value is -3.70. The number of hydrogen-bond donors (Lipinski definition) is 3. The van der Waals surface area contributed by atoms with Crippen molar-refractivity contribution in [1.29, 1.82) is 0 Å². The monoisotopic (exact) mass is 429 g/mol. The summed E-state index contributed by atoms with van der Waals surface area (Å²) >= 11 is 0. The van der Waals surface area contributed by atoms with Crippen LogP contribution in [0.4, 0.5) is 0 Å². The van der Waals surface area contributed by atoms with Gasteiger partial charge in [-0.25, -0.2) is 4.98 Å². The molecular weight excluding hydrogens is 406 g/mol. The minimum atomic E-state index is -0.250. The summed E-state index contributed by atoms with van der Waals surface area (Å²) in [7, 11) is 0. The molecule has 2 atom stereocenters. The lowest BCUT2D eigenvalue weighted by molar-refractivity contribution is -0.129. The molecular formula is C19H23N7O5. The van der Waals surface area contributed by atoms with E-state index >= 15 is 0 Å². The van der Waals surface area contributed by atoms with Gasteiger partial charge in [-0.1, -0.05) is 0 Å². The first-order valence-electron chi connectivity index (χ1n) is 10.0. The summed E-state index contributed by atoms with van der Waals surface area (Å²) in [5.74, 6) is -0.334. The van der Waals surface area contributed by atoms with E-state index in [0.29, 0.717) is 44.7 Å². The van der Waals surface area contributed by atoms with Gasteiger partial charge in [0.25, 0.3) is 18.3 Å². The molecule has 5 heterocycles. The van der Waals surface area contributed by atoms with Crippen LogP contribution in [0.5, 0.6) is 0 Å². The van der Waals surface area contributed by atoms with Crippen molar-refractivity contribution in [2.24, 2.45) is 0 Å². The molecule has 2 aromatic rings. The Kier molecular flexibility index (Phi) is 5.69. The number of carbonyl (C=O) groups is 4. The standard InChI is InChI=1S/C18H21N7O3.CH2O2/c26-16-8-14-13(23(16)4-1-11-9-19-10-21-11)2-5-24(14)18(28)12-7-15-17(27)20-3-6-25(15)22-12;2-1-3/h7,9-10,13-14H,1-6,8H2,(H,19,21)(H,20,27);1H,(H,2,3)/t13-,14-;/m0./s1. The number of fused-ring (bicyclic) bond motifs is 2. The maximum atomic E-state index is 13.0. The zero-order valence-corrected chi connectivity index (χ0v) is 16.7. The highest BCUT2D eigenvalue weighted by Gasteiger charge is 2.48. The van der Waals surface area contributed by atoms with Crippen molar-refractivity contribution >= 4 is 24.2 Å². The van der Waals surface area contributed by atoms with Gasteiger partial charge in [0.2, 0.25) is 5.91 Å². The van der Waals surface area contributed by atoms with E-state index in [2.05, 4.69) is 20.4 Å². The number of carboxylic acid groups (broad SMARTS) is 1. The first-order valence-corrected chi connectivity index (χ1v) is 10.0. The van der Waals surface area contributed by atoms with E-state index in [1.54, 1.807) is 28.2 Å². The first kappa shape index (κ1) is 20.6. The molecule has 3 aliphatic heterocycles. The molecule has 12 nitrogen and oxygen atoms in total. The summed E-state index contributed by atoms with van der Waals surface area (Å²) in [6.07, 6.45) is 5.21. The van der Waals surface area contributed by atoms with Crippen molar-refractivity contribution in [1.82, 2.24) is 34.9 Å². The molecule has 5 rings (SSSR count). The highest BCUT2D eigenvalue weighted by molar-refractivity contribution is 5.99. The fraction of sp³-hybridized carbons (Fsp3) is 0.474. The van der Waals surface area contributed by atoms with Crippen molar-refractivity contribution < 1.29 is 24.3 Å². The van der Waals surface area contributed by atoms with Crippen LogP contribution in [-0.4, -0.2) is 90.6 Å². The van der Waals surface area contributed by atoms with Crippen molar-refractivity contribution in [3.8, 4) is 0 Å². The average Bonchev–Trinajstić information content (AvgIpc) is 3.51. The fourth-order valence-electron chi connectivity index (χ4n) is 4.52. The lowest BCUT2D eigenvalue weighted by Crippen LogP contribution is -2.40. The molecule has 0 spiro atoms. The van der Waals surface area contributed by atoms with Crippen LogP contribution in [0.25, 0.3) is 0 Å². The van der Waals surface area contributed by atoms with Crippen LogP contribution in [-0.2, 0) is 22.6 Å². The lowest BCUT2D eigenvalue weighted by Gasteiger charge is -2.25. The van der Waals surface area contributed by atoms with E-state index in [-0.39, 0.29) is 42.0 Å². The summed E-state index contributed by atoms with van der Waals surface area (Å²) in [5.41, 5.74) is 1.68. The van der Waals surface area contributed by atoms with Crippen LogP contribution in [0.15, 0.2) is 18.6 Å². The topological polar surface area (TPSA) is 154 Å². The smallest absolute Gasteiger partial charge is 0.290 e. The van der Waals surface area contributed by atoms with Gasteiger partial charge in [-0.05, 0) is 6.42 Å². The third kappa shape index (κ3) is 3.88. The van der Waals surface area contributed by atoms with Crippen molar-refractivity contribution in [2.45, 2.75) is 37.9 Å². The van der Waals surface area contributed by atoms with Crippen molar-refractivity contribution in [2.75, 3.05) is 19.6 Å². The van der Waals surface area contributed by atoms with Crippen LogP contribution >= 0.6 is 0 Å². The SMILES string of the molecule is O=C1NCCn2nc(C(=O)N3CC[C@H]4[C@@H]3CC(=O)N4CCc3cnc[nH]3)cc21.O=CO. The van der Waals surface area contributed by atoms with Gasteiger partial charge in [-0.15, -0.1) is 0 Å². The zero-order chi connectivity index (χ0) is 22.0. The summed E-state index contributed by atoms with van der Waals surface area (Å²) in [4.78, 5) is 56.6. The maximum Gasteiger partial charge on any atom is 0.290 e. The molecule has 0 aliphatic carbocycles. The Morgan fingerprint density at radius 3 is 2.81 bits per heavy atom. The molecule has 3 amide bonds. The second-order valence-electron chi connectivity index (χ2n) is 7.54. The molecule has 31 heavy (non-hydrogen) atoms. The molecule has 2 aromatic heterocycles. The third-order valence-corrected chi connectivity index (χ3v) is 5.89. The molecule has 0 saturated carbocycles. The second-order valence-corrected chi connectivity index (χ2v) is 7.54. The molecule has 12 heteroatoms. The number of nitrogens with one attached hydrogen (secondary N) is 2. The van der Waals surface area contributed by atoms with Gasteiger partial charge < -0.3 is 25.2 Å². The minimum absolute atomic E-state index is 0.0416. The summed E-state index contributed by atoms with van der Waals surface area (Å²) < 4.78 is 1.58. The number of amides is 3. The number of aromatic amines is 1. The third-order valence-electron chi connectivity index (χ3n) is 5.89. The largest absolute Gasteiger partial charge is 0.483 e. The van der Waals surface area contributed by atoms with Gasteiger partial charge in [-0.3, -0.25) is 23.9 Å². The Morgan fingerprint density at radius 2 is 2.10 bits per heavy atom. The Morgan fingerprint density at radius 1 is 1.29 bits per heavy atom. The van der Waals surface area contributed by atoms with E-state index in [1.165, 1.54) is 0 Å². The molecule has 3 N–H and O–H groups in total. The molecule has 0 unspecified atom stereocenters. The molecule has 3 aliphatic rings.